The first-order valence-electron chi connectivity index (χ1n) is 4.86. The Balaban J connectivity index is 2.64. The Morgan fingerprint density at radius 3 is 2.60 bits per heavy atom. The lowest BCUT2D eigenvalue weighted by molar-refractivity contribution is 0.142. The van der Waals surface area contributed by atoms with Gasteiger partial charge < -0.3 is 14.6 Å². The molecule has 0 saturated carbocycles. The highest BCUT2D eigenvalue weighted by atomic mass is 16.7. The number of hydrogen-bond acceptors (Lipinski definition) is 3. The van der Waals surface area contributed by atoms with Crippen molar-refractivity contribution in [3.05, 3.63) is 24.3 Å². The van der Waals surface area contributed by atoms with E-state index in [4.69, 9.17) is 9.84 Å². The van der Waals surface area contributed by atoms with Crippen LogP contribution in [0.2, 0.25) is 0 Å². The number of ether oxygens (including phenoxy) is 2. The standard InChI is InChI=1S/C11H14O4/c1-2-3-8-14-9-6-4-5-7-10(9)15-11(12)13/h4-7H,2-3,8H2,1H3,(H,12,13). The first-order valence-corrected chi connectivity index (χ1v) is 4.86. The van der Waals surface area contributed by atoms with E-state index in [0.29, 0.717) is 12.4 Å². The van der Waals surface area contributed by atoms with Crippen LogP contribution in [-0.2, 0) is 0 Å². The van der Waals surface area contributed by atoms with Crippen molar-refractivity contribution in [3.8, 4) is 11.5 Å². The molecule has 0 heterocycles. The van der Waals surface area contributed by atoms with Crippen LogP contribution in [0, 0.1) is 0 Å². The summed E-state index contributed by atoms with van der Waals surface area (Å²) in [6, 6.07) is 6.73. The van der Waals surface area contributed by atoms with Crippen molar-refractivity contribution >= 4 is 6.16 Å². The van der Waals surface area contributed by atoms with Crippen molar-refractivity contribution in [3.63, 3.8) is 0 Å². The van der Waals surface area contributed by atoms with Gasteiger partial charge in [-0.15, -0.1) is 0 Å². The Hall–Kier alpha value is -1.71. The van der Waals surface area contributed by atoms with Crippen LogP contribution >= 0.6 is 0 Å². The molecule has 0 unspecified atom stereocenters. The summed E-state index contributed by atoms with van der Waals surface area (Å²) in [6.45, 7) is 2.62. The zero-order valence-corrected chi connectivity index (χ0v) is 8.60. The summed E-state index contributed by atoms with van der Waals surface area (Å²) in [7, 11) is 0. The second-order valence-corrected chi connectivity index (χ2v) is 3.02. The molecule has 0 atom stereocenters. The largest absolute Gasteiger partial charge is 0.511 e. The number of para-hydroxylation sites is 2. The summed E-state index contributed by atoms with van der Waals surface area (Å²) in [5.74, 6) is 0.703. The number of benzene rings is 1. The molecule has 0 radical (unpaired) electrons. The summed E-state index contributed by atoms with van der Waals surface area (Å²) < 4.78 is 9.96. The van der Waals surface area contributed by atoms with E-state index < -0.39 is 6.16 Å². The Bertz CT molecular complexity index is 322. The van der Waals surface area contributed by atoms with Crippen molar-refractivity contribution in [2.75, 3.05) is 6.61 Å². The number of hydrogen-bond donors (Lipinski definition) is 1. The molecule has 0 aromatic heterocycles. The molecule has 0 fully saturated rings. The SMILES string of the molecule is CCCCOc1ccccc1OC(=O)O. The van der Waals surface area contributed by atoms with Gasteiger partial charge in [0, 0.05) is 0 Å². The van der Waals surface area contributed by atoms with Crippen LogP contribution < -0.4 is 9.47 Å². The van der Waals surface area contributed by atoms with E-state index in [1.54, 1.807) is 24.3 Å². The third kappa shape index (κ3) is 3.89. The fourth-order valence-electron chi connectivity index (χ4n) is 1.07. The molecule has 82 valence electrons. The molecule has 1 N–H and O–H groups in total. The molecule has 0 saturated heterocycles. The van der Waals surface area contributed by atoms with Crippen LogP contribution in [-0.4, -0.2) is 17.9 Å². The van der Waals surface area contributed by atoms with Crippen molar-refractivity contribution in [2.24, 2.45) is 0 Å². The van der Waals surface area contributed by atoms with Gasteiger partial charge in [0.1, 0.15) is 0 Å². The molecule has 1 rings (SSSR count). The van der Waals surface area contributed by atoms with Gasteiger partial charge in [-0.1, -0.05) is 25.5 Å². The maximum atomic E-state index is 10.4. The average Bonchev–Trinajstić information content (AvgIpc) is 2.20. The van der Waals surface area contributed by atoms with Crippen molar-refractivity contribution in [1.82, 2.24) is 0 Å². The van der Waals surface area contributed by atoms with E-state index in [9.17, 15) is 4.79 Å². The molecule has 15 heavy (non-hydrogen) atoms. The van der Waals surface area contributed by atoms with Gasteiger partial charge in [-0.05, 0) is 18.6 Å². The smallest absolute Gasteiger partial charge is 0.490 e. The summed E-state index contributed by atoms with van der Waals surface area (Å²) in [4.78, 5) is 10.4. The first kappa shape index (κ1) is 11.4. The molecular weight excluding hydrogens is 196 g/mol. The van der Waals surface area contributed by atoms with Crippen molar-refractivity contribution in [1.29, 1.82) is 0 Å². The summed E-state index contributed by atoms with van der Waals surface area (Å²) in [5.41, 5.74) is 0. The van der Waals surface area contributed by atoms with E-state index in [-0.39, 0.29) is 5.75 Å². The molecule has 4 heteroatoms. The second kappa shape index (κ2) is 5.90. The lowest BCUT2D eigenvalue weighted by atomic mass is 10.3. The van der Waals surface area contributed by atoms with Gasteiger partial charge in [0.15, 0.2) is 11.5 Å². The Morgan fingerprint density at radius 1 is 1.33 bits per heavy atom. The molecule has 0 spiro atoms. The number of carboxylic acid groups (broad SMARTS) is 1. The van der Waals surface area contributed by atoms with Crippen LogP contribution in [0.3, 0.4) is 0 Å². The third-order valence-electron chi connectivity index (χ3n) is 1.80. The Kier molecular flexibility index (Phi) is 4.47. The van der Waals surface area contributed by atoms with Crippen LogP contribution in [0.1, 0.15) is 19.8 Å². The Morgan fingerprint density at radius 2 is 2.00 bits per heavy atom. The average molecular weight is 210 g/mol. The van der Waals surface area contributed by atoms with Gasteiger partial charge >= 0.3 is 6.16 Å². The fourth-order valence-corrected chi connectivity index (χ4v) is 1.07. The topological polar surface area (TPSA) is 55.8 Å². The van der Waals surface area contributed by atoms with E-state index in [2.05, 4.69) is 11.7 Å². The van der Waals surface area contributed by atoms with Crippen LogP contribution in [0.4, 0.5) is 4.79 Å². The Labute approximate surface area is 88.4 Å². The predicted molar refractivity (Wildman–Crippen MR) is 55.5 cm³/mol. The van der Waals surface area contributed by atoms with Gasteiger partial charge in [-0.25, -0.2) is 4.79 Å². The fraction of sp³-hybridized carbons (Fsp3) is 0.364. The highest BCUT2D eigenvalue weighted by molar-refractivity contribution is 5.62. The molecule has 4 nitrogen and oxygen atoms in total. The highest BCUT2D eigenvalue weighted by Crippen LogP contribution is 2.26. The molecule has 1 aromatic rings. The number of rotatable bonds is 5. The number of unbranched alkanes of at least 4 members (excludes halogenated alkanes) is 1. The third-order valence-corrected chi connectivity index (χ3v) is 1.80. The molecule has 1 aromatic carbocycles. The minimum absolute atomic E-state index is 0.237. The van der Waals surface area contributed by atoms with E-state index in [1.165, 1.54) is 0 Å². The van der Waals surface area contributed by atoms with Crippen molar-refractivity contribution in [2.45, 2.75) is 19.8 Å². The predicted octanol–water partition coefficient (Wildman–Crippen LogP) is 2.92. The van der Waals surface area contributed by atoms with Crippen LogP contribution in [0.15, 0.2) is 24.3 Å². The van der Waals surface area contributed by atoms with Crippen LogP contribution in [0.5, 0.6) is 11.5 Å². The number of carbonyl (C=O) groups is 1. The normalized spacial score (nSPS) is 9.67. The maximum absolute atomic E-state index is 10.4. The molecule has 0 aliphatic carbocycles. The monoisotopic (exact) mass is 210 g/mol. The molecule has 0 bridgehead atoms. The minimum atomic E-state index is -1.33. The summed E-state index contributed by atoms with van der Waals surface area (Å²) >= 11 is 0. The van der Waals surface area contributed by atoms with Crippen LogP contribution in [0.25, 0.3) is 0 Å². The zero-order valence-electron chi connectivity index (χ0n) is 8.60. The minimum Gasteiger partial charge on any atom is -0.490 e. The second-order valence-electron chi connectivity index (χ2n) is 3.02. The molecule has 0 aliphatic rings. The van der Waals surface area contributed by atoms with Gasteiger partial charge in [0.25, 0.3) is 0 Å². The van der Waals surface area contributed by atoms with Crippen molar-refractivity contribution < 1.29 is 19.4 Å². The quantitative estimate of drug-likeness (QED) is 0.461. The zero-order chi connectivity index (χ0) is 11.1. The lowest BCUT2D eigenvalue weighted by Crippen LogP contribution is -2.05. The van der Waals surface area contributed by atoms with Gasteiger partial charge in [-0.2, -0.15) is 0 Å². The van der Waals surface area contributed by atoms with E-state index in [1.807, 2.05) is 0 Å². The summed E-state index contributed by atoms with van der Waals surface area (Å²) in [5, 5.41) is 8.49. The van der Waals surface area contributed by atoms with Gasteiger partial charge in [-0.3, -0.25) is 0 Å². The molecule has 0 aliphatic heterocycles. The molecular formula is C11H14O4. The van der Waals surface area contributed by atoms with Gasteiger partial charge in [0.05, 0.1) is 6.61 Å². The van der Waals surface area contributed by atoms with E-state index >= 15 is 0 Å². The highest BCUT2D eigenvalue weighted by Gasteiger charge is 2.07. The van der Waals surface area contributed by atoms with Gasteiger partial charge in [0.2, 0.25) is 0 Å². The summed E-state index contributed by atoms with van der Waals surface area (Å²) in [6.07, 6.45) is 0.630. The first-order chi connectivity index (χ1) is 7.24. The lowest BCUT2D eigenvalue weighted by Gasteiger charge is -2.09. The van der Waals surface area contributed by atoms with E-state index in [0.717, 1.165) is 12.8 Å². The molecule has 0 amide bonds. The maximum Gasteiger partial charge on any atom is 0.511 e.